The van der Waals surface area contributed by atoms with Gasteiger partial charge in [-0.3, -0.25) is 28.7 Å². The molecule has 6 rings (SSSR count). The minimum Gasteiger partial charge on any atom is -1.00 e. The molecule has 16 N–H and O–H groups in total. The molecule has 6 heterocycles. The second-order valence-corrected chi connectivity index (χ2v) is 9.01. The minimum absolute atomic E-state index is 0. The van der Waals surface area contributed by atoms with Crippen LogP contribution in [0.4, 0.5) is 11.9 Å². The summed E-state index contributed by atoms with van der Waals surface area (Å²) in [6.07, 6.45) is -6.43. The van der Waals surface area contributed by atoms with Gasteiger partial charge < -0.3 is 76.3 Å². The Morgan fingerprint density at radius 3 is 1.36 bits per heavy atom. The number of aliphatic hydroxyl groups excluding tert-OH is 6. The Balaban J connectivity index is 0.000000403. The van der Waals surface area contributed by atoms with Crippen LogP contribution < -0.4 is 35.0 Å². The van der Waals surface area contributed by atoms with E-state index in [4.69, 9.17) is 31.2 Å². The molecule has 4 aromatic heterocycles. The molecule has 22 nitrogen and oxygen atoms in total. The molecule has 0 bridgehead atoms. The van der Waals surface area contributed by atoms with E-state index in [0.29, 0.717) is 0 Å². The Labute approximate surface area is 265 Å². The van der Waals surface area contributed by atoms with Crippen LogP contribution in [-0.4, -0.2) is 120 Å². The number of hydrogen-bond acceptors (Lipinski definition) is 16. The standard InChI is InChI=1S/2C10H13N5O5.ClH.2H2N.Pt/c2*11-10-13-7-4(8(19)14-10)12-2-15(7)9-6(18)5(17)3(1-16)20-9;;;;/h2*2-3,5-6,9,16-18H,1H2,(H3,11,13,14,19);1H;2*1H2;/q;;;2*-1;+4/p-1. The molecular weight excluding hydrogens is 799 g/mol. The van der Waals surface area contributed by atoms with Crippen molar-refractivity contribution in [2.75, 3.05) is 24.7 Å². The summed E-state index contributed by atoms with van der Waals surface area (Å²) in [4.78, 5) is 43.5. The second-order valence-electron chi connectivity index (χ2n) is 9.01. The van der Waals surface area contributed by atoms with Gasteiger partial charge in [0.25, 0.3) is 11.1 Å². The van der Waals surface area contributed by atoms with Crippen molar-refractivity contribution in [3.05, 3.63) is 45.7 Å². The van der Waals surface area contributed by atoms with E-state index >= 15 is 0 Å². The van der Waals surface area contributed by atoms with Gasteiger partial charge in [-0.05, 0) is 0 Å². The summed E-state index contributed by atoms with van der Waals surface area (Å²) in [5, 5.41) is 57.5. The molecule has 0 aromatic carbocycles. The quantitative estimate of drug-likeness (QED) is 0.0914. The largest absolute Gasteiger partial charge is 4.00 e. The third-order valence-electron chi connectivity index (χ3n) is 6.48. The fourth-order valence-electron chi connectivity index (χ4n) is 4.48. The Kier molecular flexibility index (Phi) is 13.5. The molecule has 0 amide bonds. The van der Waals surface area contributed by atoms with E-state index in [1.807, 2.05) is 0 Å². The summed E-state index contributed by atoms with van der Waals surface area (Å²) in [6, 6.07) is 0. The van der Waals surface area contributed by atoms with Gasteiger partial charge in [-0.1, -0.05) is 0 Å². The first kappa shape index (κ1) is 38.9. The first-order chi connectivity index (χ1) is 19.0. The van der Waals surface area contributed by atoms with Gasteiger partial charge in [-0.2, -0.15) is 9.97 Å². The van der Waals surface area contributed by atoms with Crippen LogP contribution in [0.25, 0.3) is 34.6 Å². The first-order valence-electron chi connectivity index (χ1n) is 11.7. The number of halogens is 1. The monoisotopic (exact) mass is 828 g/mol. The van der Waals surface area contributed by atoms with Gasteiger partial charge in [-0.25, -0.2) is 9.97 Å². The SMILES string of the molecule is Nc1nc2c(ncn2C2OC(CO)C(O)C2O)c(=O)[nH]1.Nc1nc2c(ncn2C2OC(CO)C(O)C2O)c(=O)[nH]1.[Cl-].[NH2-].[NH2-].[Pt+4]. The number of anilines is 2. The molecule has 8 atom stereocenters. The number of rotatable bonds is 4. The average molecular weight is 829 g/mol. The number of aliphatic hydroxyl groups is 6. The predicted octanol–water partition coefficient (Wildman–Crippen LogP) is -6.94. The number of ether oxygens (including phenoxy) is 2. The molecule has 2 saturated heterocycles. The van der Waals surface area contributed by atoms with Crippen molar-refractivity contribution < 1.29 is 73.6 Å². The van der Waals surface area contributed by atoms with Crippen LogP contribution in [0.5, 0.6) is 0 Å². The molecule has 246 valence electrons. The Morgan fingerprint density at radius 2 is 1.07 bits per heavy atom. The number of nitrogens with two attached hydrogens (primary N) is 4. The van der Waals surface area contributed by atoms with Gasteiger partial charge in [0.05, 0.1) is 25.9 Å². The van der Waals surface area contributed by atoms with E-state index in [0.717, 1.165) is 0 Å². The molecule has 2 aliphatic heterocycles. The van der Waals surface area contributed by atoms with E-state index in [1.165, 1.54) is 21.8 Å². The zero-order valence-corrected chi connectivity index (χ0v) is 25.2. The van der Waals surface area contributed by atoms with E-state index in [-0.39, 0.29) is 80.0 Å². The van der Waals surface area contributed by atoms with Crippen molar-refractivity contribution in [2.45, 2.75) is 49.1 Å². The van der Waals surface area contributed by atoms with E-state index < -0.39 is 73.4 Å². The molecular formula is C20H30ClN12O10Pt+. The van der Waals surface area contributed by atoms with Crippen LogP contribution in [-0.2, 0) is 30.5 Å². The smallest absolute Gasteiger partial charge is 1.00 e. The van der Waals surface area contributed by atoms with E-state index in [9.17, 15) is 30.0 Å². The fourth-order valence-corrected chi connectivity index (χ4v) is 4.48. The molecule has 0 saturated carbocycles. The number of H-pyrrole nitrogens is 2. The van der Waals surface area contributed by atoms with Crippen LogP contribution >= 0.6 is 0 Å². The maximum absolute atomic E-state index is 11.7. The van der Waals surface area contributed by atoms with Crippen molar-refractivity contribution in [3.8, 4) is 0 Å². The summed E-state index contributed by atoms with van der Waals surface area (Å²) < 4.78 is 13.3. The van der Waals surface area contributed by atoms with Gasteiger partial charge >= 0.3 is 21.1 Å². The number of nitrogens with zero attached hydrogens (tertiary/aromatic N) is 6. The first-order valence-corrected chi connectivity index (χ1v) is 11.7. The number of imidazole rings is 2. The maximum Gasteiger partial charge on any atom is 4.00 e. The zero-order chi connectivity index (χ0) is 28.9. The number of fused-ring (bicyclic) bond motifs is 2. The summed E-state index contributed by atoms with van der Waals surface area (Å²) >= 11 is 0. The van der Waals surface area contributed by atoms with E-state index in [1.54, 1.807) is 0 Å². The molecule has 4 aromatic rings. The normalized spacial score (nSPS) is 27.4. The molecule has 24 heteroatoms. The molecule has 2 fully saturated rings. The summed E-state index contributed by atoms with van der Waals surface area (Å²) in [7, 11) is 0. The molecule has 0 aliphatic carbocycles. The Bertz CT molecular complexity index is 1530. The van der Waals surface area contributed by atoms with Crippen LogP contribution in [0.3, 0.4) is 0 Å². The van der Waals surface area contributed by atoms with Crippen LogP contribution in [0, 0.1) is 0 Å². The minimum atomic E-state index is -1.29. The molecule has 8 unspecified atom stereocenters. The van der Waals surface area contributed by atoms with Gasteiger partial charge in [0.15, 0.2) is 34.8 Å². The third kappa shape index (κ3) is 6.75. The van der Waals surface area contributed by atoms with Crippen molar-refractivity contribution in [3.63, 3.8) is 0 Å². The number of nitrogen functional groups attached to an aromatic ring is 2. The predicted molar refractivity (Wildman–Crippen MR) is 142 cm³/mol. The van der Waals surface area contributed by atoms with Gasteiger partial charge in [0.2, 0.25) is 11.9 Å². The van der Waals surface area contributed by atoms with Gasteiger partial charge in [0.1, 0.15) is 36.6 Å². The topological polar surface area (TPSA) is 386 Å². The van der Waals surface area contributed by atoms with Crippen molar-refractivity contribution in [2.24, 2.45) is 0 Å². The molecule has 0 radical (unpaired) electrons. The fraction of sp³-hybridized carbons (Fsp3) is 0.500. The summed E-state index contributed by atoms with van der Waals surface area (Å²) in [5.74, 6) is -0.202. The average Bonchev–Trinajstić information content (AvgIpc) is 3.66. The van der Waals surface area contributed by atoms with Crippen LogP contribution in [0.2, 0.25) is 0 Å². The van der Waals surface area contributed by atoms with Crippen molar-refractivity contribution >= 4 is 34.2 Å². The summed E-state index contributed by atoms with van der Waals surface area (Å²) in [6.45, 7) is -0.894. The van der Waals surface area contributed by atoms with Crippen LogP contribution in [0.1, 0.15) is 12.5 Å². The second kappa shape index (κ2) is 15.2. The van der Waals surface area contributed by atoms with E-state index in [2.05, 4.69) is 29.9 Å². The number of aromatic nitrogens is 8. The molecule has 2 aliphatic rings. The Hall–Kier alpha value is -3.12. The van der Waals surface area contributed by atoms with Gasteiger partial charge in [-0.15, -0.1) is 0 Å². The van der Waals surface area contributed by atoms with Crippen molar-refractivity contribution in [1.29, 1.82) is 0 Å². The number of hydrogen-bond donors (Lipinski definition) is 10. The zero-order valence-electron chi connectivity index (χ0n) is 22.2. The number of aromatic amines is 2. The molecule has 44 heavy (non-hydrogen) atoms. The van der Waals surface area contributed by atoms with Crippen molar-refractivity contribution in [1.82, 2.24) is 39.0 Å². The number of nitrogens with one attached hydrogen (secondary N) is 2. The van der Waals surface area contributed by atoms with Crippen LogP contribution in [0.15, 0.2) is 22.2 Å². The Morgan fingerprint density at radius 1 is 0.727 bits per heavy atom. The third-order valence-corrected chi connectivity index (χ3v) is 6.48. The maximum atomic E-state index is 11.7. The molecule has 0 spiro atoms. The van der Waals surface area contributed by atoms with Gasteiger partial charge in [0, 0.05) is 0 Å². The summed E-state index contributed by atoms with van der Waals surface area (Å²) in [5.41, 5.74) is 10.2.